The van der Waals surface area contributed by atoms with E-state index in [2.05, 4.69) is 15.3 Å². The summed E-state index contributed by atoms with van der Waals surface area (Å²) in [6.07, 6.45) is 3.20. The normalized spacial score (nSPS) is 16.0. The molecule has 0 saturated carbocycles. The van der Waals surface area contributed by atoms with Crippen LogP contribution in [-0.4, -0.2) is 72.6 Å². The van der Waals surface area contributed by atoms with Crippen LogP contribution >= 0.6 is 0 Å². The molecule has 1 amide bonds. The van der Waals surface area contributed by atoms with Crippen molar-refractivity contribution in [1.29, 1.82) is 0 Å². The molecule has 172 valence electrons. The van der Waals surface area contributed by atoms with Crippen LogP contribution in [0.4, 0.5) is 11.5 Å². The molecule has 1 aliphatic heterocycles. The molecular formula is C25H29N5O3. The Morgan fingerprint density at radius 2 is 2.00 bits per heavy atom. The molecule has 0 aliphatic carbocycles. The monoisotopic (exact) mass is 447 g/mol. The summed E-state index contributed by atoms with van der Waals surface area (Å²) in [5, 5.41) is 3.22. The highest BCUT2D eigenvalue weighted by molar-refractivity contribution is 5.97. The predicted molar refractivity (Wildman–Crippen MR) is 127 cm³/mol. The van der Waals surface area contributed by atoms with Gasteiger partial charge in [-0.25, -0.2) is 4.98 Å². The van der Waals surface area contributed by atoms with E-state index in [1.165, 1.54) is 0 Å². The number of rotatable bonds is 8. The number of carbonyl (C=O) groups is 1. The van der Waals surface area contributed by atoms with Crippen molar-refractivity contribution in [2.45, 2.75) is 6.10 Å². The number of anilines is 2. The van der Waals surface area contributed by atoms with Gasteiger partial charge in [-0.15, -0.1) is 0 Å². The van der Waals surface area contributed by atoms with Gasteiger partial charge in [0, 0.05) is 19.3 Å². The van der Waals surface area contributed by atoms with E-state index in [1.807, 2.05) is 78.5 Å². The molecule has 1 atom stereocenters. The van der Waals surface area contributed by atoms with Gasteiger partial charge in [-0.05, 0) is 50.5 Å². The van der Waals surface area contributed by atoms with Gasteiger partial charge in [0.15, 0.2) is 0 Å². The Morgan fingerprint density at radius 3 is 2.76 bits per heavy atom. The van der Waals surface area contributed by atoms with Gasteiger partial charge in [0.2, 0.25) is 0 Å². The van der Waals surface area contributed by atoms with Crippen molar-refractivity contribution in [1.82, 2.24) is 19.8 Å². The highest BCUT2D eigenvalue weighted by Crippen LogP contribution is 2.26. The number of likely N-dealkylation sites (N-methyl/N-ethyl adjacent to an activating group) is 1. The summed E-state index contributed by atoms with van der Waals surface area (Å²) in [5.41, 5.74) is 2.19. The average Bonchev–Trinajstić information content (AvgIpc) is 2.85. The fourth-order valence-corrected chi connectivity index (χ4v) is 3.54. The van der Waals surface area contributed by atoms with E-state index < -0.39 is 0 Å². The highest BCUT2D eigenvalue weighted by atomic mass is 16.5. The lowest BCUT2D eigenvalue weighted by atomic mass is 10.1. The molecule has 4 rings (SSSR count). The van der Waals surface area contributed by atoms with Gasteiger partial charge in [-0.2, -0.15) is 0 Å². The van der Waals surface area contributed by atoms with Crippen LogP contribution in [0.5, 0.6) is 5.75 Å². The second-order valence-corrected chi connectivity index (χ2v) is 8.07. The number of hydrogen-bond donors (Lipinski definition) is 1. The summed E-state index contributed by atoms with van der Waals surface area (Å²) in [5.74, 6) is 1.30. The predicted octanol–water partition coefficient (Wildman–Crippen LogP) is 3.37. The number of nitrogens with zero attached hydrogens (tertiary/aromatic N) is 4. The Labute approximate surface area is 194 Å². The molecule has 0 radical (unpaired) electrons. The summed E-state index contributed by atoms with van der Waals surface area (Å²) >= 11 is 0. The quantitative estimate of drug-likeness (QED) is 0.567. The van der Waals surface area contributed by atoms with Crippen molar-refractivity contribution in [2.75, 3.05) is 52.3 Å². The lowest BCUT2D eigenvalue weighted by Gasteiger charge is -2.33. The molecule has 8 nitrogen and oxygen atoms in total. The Kier molecular flexibility index (Phi) is 7.49. The lowest BCUT2D eigenvalue weighted by molar-refractivity contribution is -0.0248. The van der Waals surface area contributed by atoms with Crippen molar-refractivity contribution in [2.24, 2.45) is 0 Å². The number of ether oxygens (including phenoxy) is 2. The fourth-order valence-electron chi connectivity index (χ4n) is 3.54. The first-order valence-corrected chi connectivity index (χ1v) is 11.0. The fraction of sp³-hybridized carbons (Fsp3) is 0.320. The Hall–Kier alpha value is -3.49. The highest BCUT2D eigenvalue weighted by Gasteiger charge is 2.28. The van der Waals surface area contributed by atoms with E-state index in [9.17, 15) is 4.79 Å². The van der Waals surface area contributed by atoms with Crippen molar-refractivity contribution in [3.8, 4) is 5.75 Å². The Morgan fingerprint density at radius 1 is 1.15 bits per heavy atom. The number of aromatic nitrogens is 2. The van der Waals surface area contributed by atoms with Gasteiger partial charge in [-0.3, -0.25) is 9.78 Å². The standard InChI is InChI=1S/C25H29N5O3/c1-29(2)13-15-32-22-8-4-3-7-20(22)25(31)30-14-16-33-23(18-30)21-11-10-19(17-27-21)28-24-9-5-6-12-26-24/h3-12,17,23H,13-16,18H2,1-2H3,(H,26,28)/t23-/m0/s1. The van der Waals surface area contributed by atoms with Crippen molar-refractivity contribution >= 4 is 17.4 Å². The number of benzene rings is 1. The van der Waals surface area contributed by atoms with Gasteiger partial charge < -0.3 is 24.6 Å². The Bertz CT molecular complexity index is 1040. The minimum atomic E-state index is -0.284. The molecule has 1 fully saturated rings. The lowest BCUT2D eigenvalue weighted by Crippen LogP contribution is -2.42. The molecule has 1 aliphatic rings. The third-order valence-electron chi connectivity index (χ3n) is 5.32. The van der Waals surface area contributed by atoms with Gasteiger partial charge >= 0.3 is 0 Å². The van der Waals surface area contributed by atoms with E-state index in [0.29, 0.717) is 37.6 Å². The van der Waals surface area contributed by atoms with E-state index in [0.717, 1.165) is 23.7 Å². The zero-order valence-electron chi connectivity index (χ0n) is 19.0. The third-order valence-corrected chi connectivity index (χ3v) is 5.32. The van der Waals surface area contributed by atoms with Crippen LogP contribution in [0.1, 0.15) is 22.2 Å². The van der Waals surface area contributed by atoms with E-state index in [-0.39, 0.29) is 12.0 Å². The zero-order valence-corrected chi connectivity index (χ0v) is 19.0. The SMILES string of the molecule is CN(C)CCOc1ccccc1C(=O)N1CCO[C@H](c2ccc(Nc3ccccn3)cn2)C1. The van der Waals surface area contributed by atoms with E-state index in [1.54, 1.807) is 12.4 Å². The minimum absolute atomic E-state index is 0.0582. The zero-order chi connectivity index (χ0) is 23.0. The maximum absolute atomic E-state index is 13.3. The van der Waals surface area contributed by atoms with Gasteiger partial charge in [0.05, 0.1) is 36.3 Å². The van der Waals surface area contributed by atoms with Gasteiger partial charge in [-0.1, -0.05) is 18.2 Å². The second-order valence-electron chi connectivity index (χ2n) is 8.07. The molecule has 8 heteroatoms. The first-order chi connectivity index (χ1) is 16.1. The molecule has 2 aromatic heterocycles. The first kappa shape index (κ1) is 22.7. The van der Waals surface area contributed by atoms with Crippen LogP contribution in [-0.2, 0) is 4.74 Å². The topological polar surface area (TPSA) is 79.8 Å². The maximum atomic E-state index is 13.3. The van der Waals surface area contributed by atoms with Crippen molar-refractivity contribution < 1.29 is 14.3 Å². The molecule has 3 heterocycles. The number of amides is 1. The molecular weight excluding hydrogens is 418 g/mol. The van der Waals surface area contributed by atoms with Crippen LogP contribution < -0.4 is 10.1 Å². The minimum Gasteiger partial charge on any atom is -0.491 e. The summed E-state index contributed by atoms with van der Waals surface area (Å²) in [6, 6.07) is 16.9. The second kappa shape index (κ2) is 10.9. The van der Waals surface area contributed by atoms with Crippen LogP contribution in [0.15, 0.2) is 67.0 Å². The smallest absolute Gasteiger partial charge is 0.257 e. The summed E-state index contributed by atoms with van der Waals surface area (Å²) < 4.78 is 11.8. The van der Waals surface area contributed by atoms with Crippen LogP contribution in [0.3, 0.4) is 0 Å². The number of pyridine rings is 2. The van der Waals surface area contributed by atoms with Crippen LogP contribution in [0.25, 0.3) is 0 Å². The van der Waals surface area contributed by atoms with E-state index in [4.69, 9.17) is 9.47 Å². The van der Waals surface area contributed by atoms with E-state index >= 15 is 0 Å². The van der Waals surface area contributed by atoms with Gasteiger partial charge in [0.25, 0.3) is 5.91 Å². The number of morpholine rings is 1. The average molecular weight is 448 g/mol. The third kappa shape index (κ3) is 6.06. The maximum Gasteiger partial charge on any atom is 0.257 e. The molecule has 0 unspecified atom stereocenters. The molecule has 1 saturated heterocycles. The molecule has 33 heavy (non-hydrogen) atoms. The van der Waals surface area contributed by atoms with Gasteiger partial charge in [0.1, 0.15) is 24.3 Å². The van der Waals surface area contributed by atoms with Crippen LogP contribution in [0.2, 0.25) is 0 Å². The van der Waals surface area contributed by atoms with Crippen LogP contribution in [0, 0.1) is 0 Å². The molecule has 3 aromatic rings. The number of hydrogen-bond acceptors (Lipinski definition) is 7. The van der Waals surface area contributed by atoms with Crippen molar-refractivity contribution in [3.05, 3.63) is 78.2 Å². The summed E-state index contributed by atoms with van der Waals surface area (Å²) in [4.78, 5) is 26.0. The number of carbonyl (C=O) groups excluding carboxylic acids is 1. The molecule has 1 N–H and O–H groups in total. The Balaban J connectivity index is 1.41. The number of nitrogens with one attached hydrogen (secondary N) is 1. The summed E-state index contributed by atoms with van der Waals surface area (Å²) in [7, 11) is 3.98. The summed E-state index contributed by atoms with van der Waals surface area (Å²) in [6.45, 7) is 2.71. The largest absolute Gasteiger partial charge is 0.491 e. The number of para-hydroxylation sites is 1. The first-order valence-electron chi connectivity index (χ1n) is 11.0. The van der Waals surface area contributed by atoms with Crippen molar-refractivity contribution in [3.63, 3.8) is 0 Å². The molecule has 0 bridgehead atoms. The molecule has 0 spiro atoms. The molecule has 1 aromatic carbocycles.